The van der Waals surface area contributed by atoms with Crippen LogP contribution in [0.2, 0.25) is 5.15 Å². The van der Waals surface area contributed by atoms with Crippen molar-refractivity contribution in [2.75, 3.05) is 4.72 Å². The van der Waals surface area contributed by atoms with Crippen LogP contribution in [0.25, 0.3) is 0 Å². The molecule has 2 rings (SSSR count). The number of anilines is 1. The summed E-state index contributed by atoms with van der Waals surface area (Å²) >= 11 is 5.64. The van der Waals surface area contributed by atoms with E-state index in [0.29, 0.717) is 0 Å². The Morgan fingerprint density at radius 1 is 1.25 bits per heavy atom. The third kappa shape index (κ3) is 3.19. The lowest BCUT2D eigenvalue weighted by Gasteiger charge is -2.05. The molecule has 0 unspecified atom stereocenters. The molecule has 0 saturated carbocycles. The Morgan fingerprint density at radius 3 is 2.55 bits per heavy atom. The van der Waals surface area contributed by atoms with E-state index in [4.69, 9.17) is 11.6 Å². The van der Waals surface area contributed by atoms with E-state index in [0.717, 1.165) is 18.3 Å². The van der Waals surface area contributed by atoms with Gasteiger partial charge in [0.2, 0.25) is 0 Å². The fourth-order valence-corrected chi connectivity index (χ4v) is 2.41. The highest BCUT2D eigenvalue weighted by atomic mass is 35.5. The van der Waals surface area contributed by atoms with Crippen molar-refractivity contribution in [2.24, 2.45) is 0 Å². The summed E-state index contributed by atoms with van der Waals surface area (Å²) in [7, 11) is -3.93. The number of nitrogens with one attached hydrogen (secondary N) is 1. The van der Waals surface area contributed by atoms with Gasteiger partial charge >= 0.3 is 5.82 Å². The van der Waals surface area contributed by atoms with Crippen molar-refractivity contribution < 1.29 is 13.3 Å². The second kappa shape index (κ2) is 5.39. The second-order valence-electron chi connectivity index (χ2n) is 3.56. The molecule has 0 bridgehead atoms. The molecule has 0 aromatic carbocycles. The summed E-state index contributed by atoms with van der Waals surface area (Å²) in [6, 6.07) is 6.52. The predicted octanol–water partition coefficient (Wildman–Crippen LogP) is 1.84. The molecule has 0 amide bonds. The Balaban J connectivity index is 2.28. The molecule has 0 aliphatic heterocycles. The van der Waals surface area contributed by atoms with Crippen molar-refractivity contribution in [1.82, 2.24) is 9.97 Å². The number of pyridine rings is 2. The fraction of sp³-hybridized carbons (Fsp3) is 0. The Hall–Kier alpha value is -2.26. The highest BCUT2D eigenvalue weighted by Crippen LogP contribution is 2.17. The highest BCUT2D eigenvalue weighted by Gasteiger charge is 2.18. The molecule has 0 spiro atoms. The molecule has 0 atom stereocenters. The maximum atomic E-state index is 12.0. The third-order valence-electron chi connectivity index (χ3n) is 2.17. The van der Waals surface area contributed by atoms with Crippen LogP contribution in [0.15, 0.2) is 41.4 Å². The van der Waals surface area contributed by atoms with E-state index in [-0.39, 0.29) is 15.9 Å². The van der Waals surface area contributed by atoms with E-state index >= 15 is 0 Å². The van der Waals surface area contributed by atoms with Gasteiger partial charge in [0.05, 0.1) is 0 Å². The normalized spacial score (nSPS) is 11.1. The summed E-state index contributed by atoms with van der Waals surface area (Å²) < 4.78 is 26.2. The van der Waals surface area contributed by atoms with E-state index in [1.165, 1.54) is 18.2 Å². The lowest BCUT2D eigenvalue weighted by atomic mass is 10.5. The van der Waals surface area contributed by atoms with Gasteiger partial charge in [0, 0.05) is 6.07 Å². The van der Waals surface area contributed by atoms with Crippen molar-refractivity contribution in [3.8, 4) is 0 Å². The molecule has 10 heteroatoms. The molecule has 8 nitrogen and oxygen atoms in total. The van der Waals surface area contributed by atoms with Gasteiger partial charge in [0.1, 0.15) is 15.9 Å². The summed E-state index contributed by atoms with van der Waals surface area (Å²) in [5, 5.41) is 10.6. The number of nitrogens with zero attached hydrogens (tertiary/aromatic N) is 3. The first-order valence-electron chi connectivity index (χ1n) is 5.14. The number of halogens is 1. The van der Waals surface area contributed by atoms with E-state index in [9.17, 15) is 18.5 Å². The second-order valence-corrected chi connectivity index (χ2v) is 5.63. The Morgan fingerprint density at radius 2 is 2.00 bits per heavy atom. The first kappa shape index (κ1) is 14.2. The van der Waals surface area contributed by atoms with Crippen LogP contribution in [0.4, 0.5) is 11.6 Å². The number of sulfonamides is 1. The smallest absolute Gasteiger partial charge is 0.358 e. The molecular formula is C10H7ClN4O4S. The molecule has 0 aliphatic rings. The summed E-state index contributed by atoms with van der Waals surface area (Å²) in [6.45, 7) is 0. The standard InChI is InChI=1S/C10H7ClN4O4S/c11-8-2-1-3-9(13-8)14-20(18,19)7-4-5-10(12-6-7)15(16)17/h1-6H,(H,13,14). The van der Waals surface area contributed by atoms with Crippen LogP contribution in [-0.4, -0.2) is 23.3 Å². The number of hydrogen-bond acceptors (Lipinski definition) is 6. The lowest BCUT2D eigenvalue weighted by molar-refractivity contribution is -0.389. The van der Waals surface area contributed by atoms with Crippen LogP contribution in [0.1, 0.15) is 0 Å². The fourth-order valence-electron chi connectivity index (χ4n) is 1.30. The maximum absolute atomic E-state index is 12.0. The monoisotopic (exact) mass is 314 g/mol. The average Bonchev–Trinajstić information content (AvgIpc) is 2.38. The van der Waals surface area contributed by atoms with Gasteiger partial charge < -0.3 is 10.1 Å². The van der Waals surface area contributed by atoms with E-state index in [1.807, 2.05) is 0 Å². The summed E-state index contributed by atoms with van der Waals surface area (Å²) in [5.74, 6) is -0.402. The van der Waals surface area contributed by atoms with Crippen molar-refractivity contribution in [1.29, 1.82) is 0 Å². The lowest BCUT2D eigenvalue weighted by Crippen LogP contribution is -2.14. The van der Waals surface area contributed by atoms with Crippen molar-refractivity contribution in [2.45, 2.75) is 4.90 Å². The average molecular weight is 315 g/mol. The maximum Gasteiger partial charge on any atom is 0.363 e. The van der Waals surface area contributed by atoms with Gasteiger partial charge in [-0.05, 0) is 28.1 Å². The van der Waals surface area contributed by atoms with Gasteiger partial charge in [-0.25, -0.2) is 13.4 Å². The number of aromatic nitrogens is 2. The van der Waals surface area contributed by atoms with Gasteiger partial charge in [-0.1, -0.05) is 17.7 Å². The SMILES string of the molecule is O=[N+]([O-])c1ccc(S(=O)(=O)Nc2cccc(Cl)n2)cn1. The van der Waals surface area contributed by atoms with Crippen molar-refractivity contribution >= 4 is 33.3 Å². The van der Waals surface area contributed by atoms with Gasteiger partial charge in [-0.2, -0.15) is 0 Å². The minimum Gasteiger partial charge on any atom is -0.358 e. The van der Waals surface area contributed by atoms with Crippen LogP contribution in [0.5, 0.6) is 0 Å². The Labute approximate surface area is 118 Å². The first-order valence-corrected chi connectivity index (χ1v) is 7.00. The molecule has 0 aliphatic carbocycles. The highest BCUT2D eigenvalue weighted by molar-refractivity contribution is 7.92. The van der Waals surface area contributed by atoms with Crippen LogP contribution in [-0.2, 0) is 10.0 Å². The molecule has 0 fully saturated rings. The summed E-state index contributed by atoms with van der Waals surface area (Å²) in [4.78, 5) is 16.7. The zero-order valence-electron chi connectivity index (χ0n) is 9.72. The molecule has 2 heterocycles. The van der Waals surface area contributed by atoms with E-state index in [2.05, 4.69) is 14.7 Å². The predicted molar refractivity (Wildman–Crippen MR) is 70.9 cm³/mol. The molecule has 2 aromatic heterocycles. The molecular weight excluding hydrogens is 308 g/mol. The van der Waals surface area contributed by atoms with Gasteiger partial charge in [-0.3, -0.25) is 4.72 Å². The topological polar surface area (TPSA) is 115 Å². The molecule has 2 aromatic rings. The van der Waals surface area contributed by atoms with E-state index in [1.54, 1.807) is 0 Å². The van der Waals surface area contributed by atoms with E-state index < -0.39 is 20.8 Å². The van der Waals surface area contributed by atoms with Crippen LogP contribution < -0.4 is 4.72 Å². The minimum atomic E-state index is -3.93. The Bertz CT molecular complexity index is 748. The molecule has 1 N–H and O–H groups in total. The van der Waals surface area contributed by atoms with Gasteiger partial charge in [0.15, 0.2) is 6.20 Å². The largest absolute Gasteiger partial charge is 0.363 e. The zero-order valence-corrected chi connectivity index (χ0v) is 11.3. The summed E-state index contributed by atoms with van der Waals surface area (Å²) in [6.07, 6.45) is 0.894. The molecule has 0 radical (unpaired) electrons. The zero-order chi connectivity index (χ0) is 14.8. The number of hydrogen-bond donors (Lipinski definition) is 1. The van der Waals surface area contributed by atoms with Gasteiger partial charge in [-0.15, -0.1) is 0 Å². The third-order valence-corrected chi connectivity index (χ3v) is 3.72. The van der Waals surface area contributed by atoms with Gasteiger partial charge in [0.25, 0.3) is 10.0 Å². The molecule has 20 heavy (non-hydrogen) atoms. The van der Waals surface area contributed by atoms with Crippen molar-refractivity contribution in [3.05, 3.63) is 51.8 Å². The quantitative estimate of drug-likeness (QED) is 0.523. The Kier molecular flexibility index (Phi) is 3.81. The van der Waals surface area contributed by atoms with Crippen LogP contribution in [0, 0.1) is 10.1 Å². The van der Waals surface area contributed by atoms with Crippen LogP contribution in [0.3, 0.4) is 0 Å². The van der Waals surface area contributed by atoms with Crippen LogP contribution >= 0.6 is 11.6 Å². The summed E-state index contributed by atoms with van der Waals surface area (Å²) in [5.41, 5.74) is 0. The number of nitro groups is 1. The minimum absolute atomic E-state index is 0.0378. The molecule has 104 valence electrons. The first-order chi connectivity index (χ1) is 9.38. The van der Waals surface area contributed by atoms with Crippen molar-refractivity contribution in [3.63, 3.8) is 0 Å². The number of rotatable bonds is 4. The molecule has 0 saturated heterocycles.